The first-order valence-corrected chi connectivity index (χ1v) is 22.5. The molecule has 0 aromatic heterocycles. The van der Waals surface area contributed by atoms with Crippen LogP contribution in [0.25, 0.3) is 54.9 Å². The average Bonchev–Trinajstić information content (AvgIpc) is 3.80. The van der Waals surface area contributed by atoms with Crippen LogP contribution in [0.4, 0.5) is 17.1 Å². The van der Waals surface area contributed by atoms with Gasteiger partial charge in [-0.3, -0.25) is 0 Å². The number of nitrogens with zero attached hydrogens (tertiary/aromatic N) is 1. The summed E-state index contributed by atoms with van der Waals surface area (Å²) in [5.41, 5.74) is 18.6. The van der Waals surface area contributed by atoms with Gasteiger partial charge in [0, 0.05) is 22.5 Å². The van der Waals surface area contributed by atoms with Crippen LogP contribution in [0.15, 0.2) is 224 Å². The second-order valence-corrected chi connectivity index (χ2v) is 17.4. The van der Waals surface area contributed by atoms with Gasteiger partial charge in [0.1, 0.15) is 0 Å². The second kappa shape index (κ2) is 14.6. The molecule has 1 heteroatoms. The molecule has 63 heavy (non-hydrogen) atoms. The largest absolute Gasteiger partial charge is 0.310 e. The second-order valence-electron chi connectivity index (χ2n) is 17.4. The summed E-state index contributed by atoms with van der Waals surface area (Å²) in [6, 6.07) is 84.1. The van der Waals surface area contributed by atoms with E-state index in [0.717, 1.165) is 29.9 Å². The van der Waals surface area contributed by atoms with Crippen molar-refractivity contribution < 1.29 is 0 Å². The maximum absolute atomic E-state index is 2.50. The first-order valence-electron chi connectivity index (χ1n) is 22.5. The maximum atomic E-state index is 2.50. The van der Waals surface area contributed by atoms with Crippen molar-refractivity contribution in [2.75, 3.05) is 4.90 Å². The molecule has 0 heterocycles. The summed E-state index contributed by atoms with van der Waals surface area (Å²) in [6.07, 6.45) is 2.10. The minimum Gasteiger partial charge on any atom is -0.310 e. The van der Waals surface area contributed by atoms with Gasteiger partial charge in [-0.25, -0.2) is 0 Å². The van der Waals surface area contributed by atoms with Crippen LogP contribution in [0, 0.1) is 0 Å². The number of hydrogen-bond donors (Lipinski definition) is 0. The summed E-state index contributed by atoms with van der Waals surface area (Å²) in [5, 5.41) is 5.11. The summed E-state index contributed by atoms with van der Waals surface area (Å²) in [6.45, 7) is 4.73. The molecule has 0 amide bonds. The van der Waals surface area contributed by atoms with E-state index in [9.17, 15) is 0 Å². The zero-order valence-corrected chi connectivity index (χ0v) is 35.7. The highest BCUT2D eigenvalue weighted by Gasteiger charge is 2.46. The van der Waals surface area contributed by atoms with Gasteiger partial charge in [0.25, 0.3) is 0 Å². The Hall–Kier alpha value is -7.48. The number of anilines is 3. The van der Waals surface area contributed by atoms with Crippen molar-refractivity contribution in [3.05, 3.63) is 258 Å². The van der Waals surface area contributed by atoms with E-state index in [4.69, 9.17) is 0 Å². The van der Waals surface area contributed by atoms with Crippen LogP contribution < -0.4 is 4.90 Å². The van der Waals surface area contributed by atoms with E-state index in [0.29, 0.717) is 0 Å². The van der Waals surface area contributed by atoms with E-state index >= 15 is 0 Å². The predicted molar refractivity (Wildman–Crippen MR) is 266 cm³/mol. The zero-order valence-electron chi connectivity index (χ0n) is 35.7. The Morgan fingerprint density at radius 2 is 0.873 bits per heavy atom. The lowest BCUT2D eigenvalue weighted by Gasteiger charge is -2.35. The number of rotatable bonds is 8. The van der Waals surface area contributed by atoms with Crippen molar-refractivity contribution in [2.24, 2.45) is 0 Å². The van der Waals surface area contributed by atoms with Crippen LogP contribution in [0.5, 0.6) is 0 Å². The predicted octanol–water partition coefficient (Wildman–Crippen LogP) is 16.6. The average molecular weight is 806 g/mol. The first-order chi connectivity index (χ1) is 31.1. The summed E-state index contributed by atoms with van der Waals surface area (Å²) < 4.78 is 0. The maximum Gasteiger partial charge on any atom is 0.0714 e. The molecule has 0 aliphatic heterocycles. The first kappa shape index (κ1) is 37.3. The molecule has 1 nitrogen and oxygen atoms in total. The standard InChI is InChI=1S/C62H47N/c1-3-61(4-2)57-37-35-49(40-56(57)55-38-44-19-11-12-20-45(44)39-59(55)61)63(48-32-30-43(31-33-48)52-28-17-21-42-18-13-14-26-51(42)52)50-34-36-54-53-27-15-16-29-58(53)62(60(54)41-50,46-22-7-5-8-23-46)47-24-9-6-10-25-47/h5-41H,3-4H2,1-2H3. The van der Waals surface area contributed by atoms with E-state index < -0.39 is 5.41 Å². The minimum atomic E-state index is -0.506. The highest BCUT2D eigenvalue weighted by molar-refractivity contribution is 5.98. The van der Waals surface area contributed by atoms with Crippen LogP contribution in [-0.2, 0) is 10.8 Å². The minimum absolute atomic E-state index is 0.0392. The van der Waals surface area contributed by atoms with Crippen molar-refractivity contribution in [3.8, 4) is 33.4 Å². The van der Waals surface area contributed by atoms with Crippen LogP contribution in [0.1, 0.15) is 60.1 Å². The molecule has 0 bridgehead atoms. The van der Waals surface area contributed by atoms with Crippen molar-refractivity contribution in [1.29, 1.82) is 0 Å². The Bertz CT molecular complexity index is 3310. The smallest absolute Gasteiger partial charge is 0.0714 e. The summed E-state index contributed by atoms with van der Waals surface area (Å²) in [4.78, 5) is 2.50. The third-order valence-corrected chi connectivity index (χ3v) is 14.6. The summed E-state index contributed by atoms with van der Waals surface area (Å²) in [5.74, 6) is 0. The molecule has 0 radical (unpaired) electrons. The van der Waals surface area contributed by atoms with Gasteiger partial charge in [-0.1, -0.05) is 190 Å². The van der Waals surface area contributed by atoms with Crippen molar-refractivity contribution in [3.63, 3.8) is 0 Å². The molecule has 12 rings (SSSR count). The molecule has 2 aliphatic carbocycles. The molecular weight excluding hydrogens is 759 g/mol. The number of benzene rings is 10. The van der Waals surface area contributed by atoms with Gasteiger partial charge in [-0.2, -0.15) is 0 Å². The molecule has 0 N–H and O–H groups in total. The molecule has 300 valence electrons. The van der Waals surface area contributed by atoms with Gasteiger partial charge in [-0.15, -0.1) is 0 Å². The van der Waals surface area contributed by atoms with E-state index in [1.165, 1.54) is 88.3 Å². The van der Waals surface area contributed by atoms with Crippen LogP contribution in [0.3, 0.4) is 0 Å². The van der Waals surface area contributed by atoms with Gasteiger partial charge in [0.2, 0.25) is 0 Å². The Morgan fingerprint density at radius 1 is 0.333 bits per heavy atom. The number of hydrogen-bond acceptors (Lipinski definition) is 1. The molecular formula is C62H47N. The van der Waals surface area contributed by atoms with Gasteiger partial charge in [0.05, 0.1) is 5.41 Å². The Labute approximate surface area is 370 Å². The zero-order chi connectivity index (χ0) is 42.1. The van der Waals surface area contributed by atoms with Crippen molar-refractivity contribution in [1.82, 2.24) is 0 Å². The molecule has 0 unspecified atom stereocenters. The van der Waals surface area contributed by atoms with Crippen LogP contribution in [-0.4, -0.2) is 0 Å². The topological polar surface area (TPSA) is 3.24 Å². The molecule has 10 aromatic rings. The van der Waals surface area contributed by atoms with E-state index in [1.807, 2.05) is 0 Å². The highest BCUT2D eigenvalue weighted by atomic mass is 15.1. The quantitative estimate of drug-likeness (QED) is 0.148. The summed E-state index contributed by atoms with van der Waals surface area (Å²) >= 11 is 0. The van der Waals surface area contributed by atoms with E-state index in [2.05, 4.69) is 243 Å². The Balaban J connectivity index is 1.10. The van der Waals surface area contributed by atoms with Crippen molar-refractivity contribution in [2.45, 2.75) is 37.5 Å². The molecule has 0 saturated carbocycles. The van der Waals surface area contributed by atoms with Gasteiger partial charge in [0.15, 0.2) is 0 Å². The molecule has 0 spiro atoms. The molecule has 0 fully saturated rings. The normalized spacial score (nSPS) is 13.9. The molecule has 10 aromatic carbocycles. The highest BCUT2D eigenvalue weighted by Crippen LogP contribution is 2.58. The molecule has 0 saturated heterocycles. The van der Waals surface area contributed by atoms with Gasteiger partial charge >= 0.3 is 0 Å². The SMILES string of the molecule is CCC1(CC)c2ccc(N(c3ccc(-c4cccc5ccccc45)cc3)c3ccc4c(c3)C(c3ccccc3)(c3ccccc3)c3ccccc3-4)cc2-c2cc3ccccc3cc21. The van der Waals surface area contributed by atoms with Crippen molar-refractivity contribution >= 4 is 38.6 Å². The van der Waals surface area contributed by atoms with E-state index in [1.54, 1.807) is 0 Å². The molecule has 2 aliphatic rings. The van der Waals surface area contributed by atoms with Gasteiger partial charge < -0.3 is 4.90 Å². The lowest BCUT2D eigenvalue weighted by molar-refractivity contribution is 0.491. The molecule has 0 atom stereocenters. The lowest BCUT2D eigenvalue weighted by Crippen LogP contribution is -2.28. The lowest BCUT2D eigenvalue weighted by atomic mass is 9.67. The fourth-order valence-electron chi connectivity index (χ4n) is 11.6. The van der Waals surface area contributed by atoms with Gasteiger partial charge in [-0.05, 0) is 150 Å². The summed E-state index contributed by atoms with van der Waals surface area (Å²) in [7, 11) is 0. The third kappa shape index (κ3) is 5.49. The fourth-order valence-corrected chi connectivity index (χ4v) is 11.6. The Kier molecular flexibility index (Phi) is 8.63. The Morgan fingerprint density at radius 3 is 1.60 bits per heavy atom. The van der Waals surface area contributed by atoms with E-state index in [-0.39, 0.29) is 5.41 Å². The third-order valence-electron chi connectivity index (χ3n) is 14.6. The fraction of sp³-hybridized carbons (Fsp3) is 0.0968. The monoisotopic (exact) mass is 805 g/mol. The van der Waals surface area contributed by atoms with Crippen LogP contribution in [0.2, 0.25) is 0 Å². The van der Waals surface area contributed by atoms with Crippen LogP contribution >= 0.6 is 0 Å². The number of fused-ring (bicyclic) bond motifs is 8.